The summed E-state index contributed by atoms with van der Waals surface area (Å²) in [6.07, 6.45) is 0.479. The molecule has 0 saturated carbocycles. The van der Waals surface area contributed by atoms with Gasteiger partial charge in [0, 0.05) is 38.5 Å². The molecule has 0 aliphatic carbocycles. The van der Waals surface area contributed by atoms with Crippen LogP contribution < -0.4 is 64.6 Å². The van der Waals surface area contributed by atoms with Crippen molar-refractivity contribution in [1.82, 2.24) is 47.4 Å². The van der Waals surface area contributed by atoms with E-state index in [1.165, 1.54) is 38.1 Å². The van der Waals surface area contributed by atoms with Gasteiger partial charge in [-0.25, -0.2) is 0 Å². The number of nitrogens with one attached hydrogen (secondary N) is 8. The lowest BCUT2D eigenvalue weighted by molar-refractivity contribution is -0.711. The number of rotatable bonds is 32. The van der Waals surface area contributed by atoms with Crippen molar-refractivity contribution in [3.05, 3.63) is 106 Å². The highest BCUT2D eigenvalue weighted by molar-refractivity contribution is 6.00. The Hall–Kier alpha value is -9.17. The molecule has 450 valence electrons. The Kier molecular flexibility index (Phi) is 25.8. The maximum Gasteiger partial charge on any atom is 0.299 e. The summed E-state index contributed by atoms with van der Waals surface area (Å²) in [4.78, 5) is 164. The summed E-state index contributed by atoms with van der Waals surface area (Å²) < 4.78 is 0. The first-order valence-corrected chi connectivity index (χ1v) is 27.3. The number of likely N-dealkylation sites (tertiary alicyclic amines) is 1. The van der Waals surface area contributed by atoms with Crippen molar-refractivity contribution in [2.45, 2.75) is 148 Å². The summed E-state index contributed by atoms with van der Waals surface area (Å²) >= 11 is 0. The predicted molar refractivity (Wildman–Crippen MR) is 302 cm³/mol. The molecule has 27 heteroatoms. The van der Waals surface area contributed by atoms with E-state index in [9.17, 15) is 62.9 Å². The van der Waals surface area contributed by atoms with Gasteiger partial charge >= 0.3 is 0 Å². The zero-order valence-corrected chi connectivity index (χ0v) is 47.4. The first kappa shape index (κ1) is 66.3. The zero-order valence-electron chi connectivity index (χ0n) is 47.4. The molecule has 1 saturated heterocycles. The molecule has 1 fully saturated rings. The van der Waals surface area contributed by atoms with E-state index < -0.39 is 125 Å². The van der Waals surface area contributed by atoms with Gasteiger partial charge in [0.2, 0.25) is 59.1 Å². The highest BCUT2D eigenvalue weighted by Gasteiger charge is 2.41. The number of hydrogen-bond acceptors (Lipinski definition) is 15. The molecule has 1 aliphatic rings. The summed E-state index contributed by atoms with van der Waals surface area (Å²) in [5, 5.41) is 30.8. The van der Waals surface area contributed by atoms with Gasteiger partial charge in [-0.3, -0.25) is 57.6 Å². The number of benzene rings is 3. The third-order valence-electron chi connectivity index (χ3n) is 13.4. The molecule has 83 heavy (non-hydrogen) atoms. The number of hydrogen-bond donors (Lipinski definition) is 11. The smallest absolute Gasteiger partial charge is 0.299 e. The summed E-state index contributed by atoms with van der Waals surface area (Å²) in [5.74, 6) is -9.13. The zero-order chi connectivity index (χ0) is 61.5. The van der Waals surface area contributed by atoms with Gasteiger partial charge in [-0.15, -0.1) is 10.1 Å². The van der Waals surface area contributed by atoms with Crippen LogP contribution in [0.15, 0.2) is 78.9 Å². The molecule has 0 bridgehead atoms. The lowest BCUT2D eigenvalue weighted by Crippen LogP contribution is -2.60. The topological polar surface area (TPSA) is 418 Å². The number of anilines is 1. The van der Waals surface area contributed by atoms with E-state index in [4.69, 9.17) is 17.2 Å². The van der Waals surface area contributed by atoms with Crippen LogP contribution in [0.25, 0.3) is 0 Å². The average Bonchev–Trinajstić information content (AvgIpc) is 4.02. The van der Waals surface area contributed by atoms with Gasteiger partial charge in [-0.05, 0) is 92.7 Å². The monoisotopic (exact) mass is 1160 g/mol. The molecule has 1 heterocycles. The van der Waals surface area contributed by atoms with Crippen molar-refractivity contribution in [1.29, 1.82) is 0 Å². The maximum atomic E-state index is 14.4. The fourth-order valence-corrected chi connectivity index (χ4v) is 9.16. The van der Waals surface area contributed by atoms with Gasteiger partial charge in [0.25, 0.3) is 11.0 Å². The van der Waals surface area contributed by atoms with Crippen molar-refractivity contribution in [2.75, 3.05) is 18.8 Å². The second kappa shape index (κ2) is 32.3. The number of carbonyl (C=O) groups is 11. The summed E-state index contributed by atoms with van der Waals surface area (Å²) in [5.41, 5.74) is 18.8. The fourth-order valence-electron chi connectivity index (χ4n) is 9.16. The Bertz CT molecular complexity index is 2800. The largest absolute Gasteiger partial charge is 0.398 e. The number of para-hydroxylation sites is 1. The third-order valence-corrected chi connectivity index (χ3v) is 13.4. The third kappa shape index (κ3) is 21.7. The molecule has 3 aromatic carbocycles. The van der Waals surface area contributed by atoms with Crippen LogP contribution in [0.1, 0.15) is 108 Å². The van der Waals surface area contributed by atoms with Crippen molar-refractivity contribution < 1.29 is 62.7 Å². The summed E-state index contributed by atoms with van der Waals surface area (Å²) in [6, 6.07) is 10.2. The molecule has 27 nitrogen and oxygen atoms in total. The van der Waals surface area contributed by atoms with Crippen molar-refractivity contribution in [3.63, 3.8) is 0 Å². The van der Waals surface area contributed by atoms with Crippen molar-refractivity contribution >= 4 is 70.7 Å². The lowest BCUT2D eigenvalue weighted by atomic mass is 10.0. The maximum absolute atomic E-state index is 14.4. The fraction of sp³-hybridized carbons (Fsp3) is 0.482. The van der Waals surface area contributed by atoms with Gasteiger partial charge in [0.1, 0.15) is 54.1 Å². The van der Waals surface area contributed by atoms with E-state index in [0.29, 0.717) is 41.6 Å². The molecule has 14 N–H and O–H groups in total. The average molecular weight is 1160 g/mol. The van der Waals surface area contributed by atoms with Crippen LogP contribution in [-0.4, -0.2) is 136 Å². The van der Waals surface area contributed by atoms with Crippen LogP contribution in [0, 0.1) is 22.0 Å². The van der Waals surface area contributed by atoms with Crippen LogP contribution in [0.3, 0.4) is 0 Å². The molecule has 4 rings (SSSR count). The molecule has 0 radical (unpaired) electrons. The molecule has 11 amide bonds. The second-order valence-electron chi connectivity index (χ2n) is 21.0. The number of nitrogen functional groups attached to an aromatic ring is 1. The van der Waals surface area contributed by atoms with Gasteiger partial charge in [-0.2, -0.15) is 0 Å². The standard InChI is InChI=1S/C56H77N13O14/c1-31(2)27-41(51(75)61-33(5)49(73)67-47(32(3)4)55(79)63-40(48(59)72)19-12-13-25-60-50(74)38-17-10-11-18-39(38)57)65-54(78)45-20-14-26-68(45)56(80)44(30-46(58)71)66-53(77)43(28-35-15-8-7-9-16-35)64-52(76)42(62-34(6)70)29-36-21-23-37(24-22-36)83-69(81)82/h7-11,15-18,21-24,31-33,40-45,47H,12-14,19-20,25-30,57H2,1-6H3,(H2,58,71)(H2,59,72)(H,60,74)(H,61,75)(H,62,70)(H,63,79)(H,64,76)(H,65,78)(H,66,77)(H,67,73)/t33-,40-,41-,42-,43-,44-,45-,47-/m0/s1. The summed E-state index contributed by atoms with van der Waals surface area (Å²) in [6.45, 7) is 9.71. The minimum atomic E-state index is -1.64. The molecule has 1 aliphatic heterocycles. The first-order valence-electron chi connectivity index (χ1n) is 27.3. The highest BCUT2D eigenvalue weighted by atomic mass is 17.0. The van der Waals surface area contributed by atoms with Crippen LogP contribution >= 0.6 is 0 Å². The summed E-state index contributed by atoms with van der Waals surface area (Å²) in [7, 11) is 0. The van der Waals surface area contributed by atoms with E-state index >= 15 is 0 Å². The predicted octanol–water partition coefficient (Wildman–Crippen LogP) is -0.288. The number of unbranched alkanes of at least 4 members (excludes halogenated alkanes) is 1. The van der Waals surface area contributed by atoms with E-state index in [1.807, 2.05) is 0 Å². The second-order valence-corrected chi connectivity index (χ2v) is 21.0. The van der Waals surface area contributed by atoms with Gasteiger partial charge in [0.05, 0.1) is 12.0 Å². The minimum Gasteiger partial charge on any atom is -0.398 e. The molecule has 0 aromatic heterocycles. The van der Waals surface area contributed by atoms with E-state index in [0.717, 1.165) is 4.90 Å². The molecule has 3 aromatic rings. The Morgan fingerprint density at radius 1 is 0.663 bits per heavy atom. The molecule has 0 spiro atoms. The van der Waals surface area contributed by atoms with Gasteiger partial charge < -0.3 is 64.6 Å². The number of amides is 11. The van der Waals surface area contributed by atoms with Crippen LogP contribution in [0.5, 0.6) is 5.75 Å². The van der Waals surface area contributed by atoms with Crippen LogP contribution in [0.4, 0.5) is 5.69 Å². The van der Waals surface area contributed by atoms with Gasteiger partial charge in [0.15, 0.2) is 0 Å². The number of carbonyl (C=O) groups excluding carboxylic acids is 11. The first-order chi connectivity index (χ1) is 39.2. The number of primary amides is 2. The Balaban J connectivity index is 1.42. The van der Waals surface area contributed by atoms with E-state index in [2.05, 4.69) is 47.4 Å². The Morgan fingerprint density at radius 2 is 1.24 bits per heavy atom. The van der Waals surface area contributed by atoms with E-state index in [1.54, 1.807) is 82.3 Å². The lowest BCUT2D eigenvalue weighted by Gasteiger charge is -2.31. The number of nitrogens with two attached hydrogens (primary N) is 3. The molecular formula is C56H77N13O14. The Labute approximate surface area is 480 Å². The Morgan fingerprint density at radius 3 is 1.82 bits per heavy atom. The van der Waals surface area contributed by atoms with E-state index in [-0.39, 0.29) is 62.8 Å². The number of nitrogens with zero attached hydrogens (tertiary/aromatic N) is 2. The molecule has 0 unspecified atom stereocenters. The quantitative estimate of drug-likeness (QED) is 0.0166. The molecular weight excluding hydrogens is 1080 g/mol. The normalized spacial score (nSPS) is 15.4. The SMILES string of the molecule is CC(=O)N[C@@H](Cc1ccc(O[N+](=O)[O-])cc1)C(=O)N[C@@H](Cc1ccccc1)C(=O)N[C@@H](CC(N)=O)C(=O)N1CCC[C@H]1C(=O)N[C@@H](CC(C)C)C(=O)N[C@@H](C)C(=O)N[C@H](C(=O)N[C@@H](CCCCNC(=O)c1ccccc1N)C(N)=O)C(C)C. The van der Waals surface area contributed by atoms with Crippen molar-refractivity contribution in [3.8, 4) is 5.75 Å². The highest BCUT2D eigenvalue weighted by Crippen LogP contribution is 2.21. The van der Waals surface area contributed by atoms with Crippen LogP contribution in [0.2, 0.25) is 0 Å². The van der Waals surface area contributed by atoms with Gasteiger partial charge in [-0.1, -0.05) is 82.3 Å². The minimum absolute atomic E-state index is 0.00209. The van der Waals surface area contributed by atoms with Crippen molar-refractivity contribution in [2.24, 2.45) is 23.3 Å². The molecule has 8 atom stereocenters. The van der Waals surface area contributed by atoms with Crippen LogP contribution in [-0.2, 0) is 60.8 Å².